The van der Waals surface area contributed by atoms with E-state index in [0.29, 0.717) is 0 Å². The maximum atomic E-state index is 14.1. The van der Waals surface area contributed by atoms with Crippen LogP contribution in [0.15, 0.2) is 12.3 Å². The van der Waals surface area contributed by atoms with E-state index in [1.165, 1.54) is 0 Å². The average Bonchev–Trinajstić information content (AvgIpc) is 2.65. The van der Waals surface area contributed by atoms with Crippen molar-refractivity contribution in [2.24, 2.45) is 0 Å². The van der Waals surface area contributed by atoms with Crippen LogP contribution in [-0.4, -0.2) is 65.5 Å². The molecule has 0 aromatic carbocycles. The fraction of sp³-hybridized carbons (Fsp3) is 0.867. The Morgan fingerprint density at radius 3 is 1.29 bits per heavy atom. The minimum absolute atomic E-state index is 0.104. The maximum absolute atomic E-state index is 14.1. The topological polar surface area (TPSA) is 29.5 Å². The summed E-state index contributed by atoms with van der Waals surface area (Å²) in [4.78, 5) is 0. The predicted octanol–water partition coefficient (Wildman–Crippen LogP) is 7.25. The van der Waals surface area contributed by atoms with E-state index < -0.39 is 66.8 Å². The number of halogens is 17. The molecule has 0 saturated carbocycles. The molecule has 19 heteroatoms. The van der Waals surface area contributed by atoms with Gasteiger partial charge in [0.2, 0.25) is 0 Å². The van der Waals surface area contributed by atoms with E-state index in [0.717, 1.165) is 6.92 Å². The van der Waals surface area contributed by atoms with Crippen molar-refractivity contribution < 1.29 is 84.5 Å². The summed E-state index contributed by atoms with van der Waals surface area (Å²) >= 11 is 0. The highest BCUT2D eigenvalue weighted by Crippen LogP contribution is 2.64. The van der Waals surface area contributed by atoms with E-state index in [1.54, 1.807) is 0 Å². The van der Waals surface area contributed by atoms with E-state index in [4.69, 9.17) is 5.11 Å². The second-order valence-corrected chi connectivity index (χ2v) is 6.55. The summed E-state index contributed by atoms with van der Waals surface area (Å²) in [5.41, 5.74) is 0. The van der Waals surface area contributed by atoms with Gasteiger partial charge < -0.3 is 9.84 Å². The van der Waals surface area contributed by atoms with Crippen molar-refractivity contribution in [1.29, 1.82) is 0 Å². The first-order chi connectivity index (χ1) is 14.8. The summed E-state index contributed by atoms with van der Waals surface area (Å²) in [6.07, 6.45) is -13.5. The van der Waals surface area contributed by atoms with Crippen molar-refractivity contribution >= 4 is 0 Å². The van der Waals surface area contributed by atoms with Gasteiger partial charge in [-0.25, -0.2) is 0 Å². The molecule has 204 valence electrons. The normalized spacial score (nSPS) is 16.9. The molecule has 0 aromatic rings. The molecule has 34 heavy (non-hydrogen) atoms. The second kappa shape index (κ2) is 9.40. The van der Waals surface area contributed by atoms with Crippen molar-refractivity contribution in [3.05, 3.63) is 12.3 Å². The van der Waals surface area contributed by atoms with E-state index in [1.807, 2.05) is 0 Å². The number of rotatable bonds is 12. The molecule has 0 rings (SSSR count). The highest BCUT2D eigenvalue weighted by molar-refractivity contribution is 5.16. The molecule has 2 nitrogen and oxygen atoms in total. The smallest absolute Gasteiger partial charge is 0.460 e. The van der Waals surface area contributed by atoms with Crippen LogP contribution in [-0.2, 0) is 4.74 Å². The minimum Gasteiger partial charge on any atom is -0.516 e. The minimum atomic E-state index is -8.67. The van der Waals surface area contributed by atoms with Gasteiger partial charge in [-0.3, -0.25) is 0 Å². The third-order valence-electron chi connectivity index (χ3n) is 4.13. The first kappa shape index (κ1) is 32.3. The van der Waals surface area contributed by atoms with Crippen LogP contribution in [0.1, 0.15) is 19.8 Å². The zero-order chi connectivity index (χ0) is 27.8. The van der Waals surface area contributed by atoms with Gasteiger partial charge in [-0.15, -0.1) is 0 Å². The molecule has 1 atom stereocenters. The van der Waals surface area contributed by atoms with Gasteiger partial charge in [-0.1, -0.05) is 6.92 Å². The van der Waals surface area contributed by atoms with Crippen molar-refractivity contribution in [2.75, 3.05) is 6.61 Å². The number of aliphatic hydroxyl groups excluding tert-OH is 1. The molecule has 0 aliphatic rings. The fourth-order valence-corrected chi connectivity index (χ4v) is 2.14. The van der Waals surface area contributed by atoms with Crippen molar-refractivity contribution in [2.45, 2.75) is 73.5 Å². The molecule has 0 heterocycles. The van der Waals surface area contributed by atoms with Gasteiger partial charge in [0, 0.05) is 13.0 Å². The molecular weight excluding hydrogens is 535 g/mol. The average molecular weight is 548 g/mol. The number of aliphatic hydroxyl groups is 1. The van der Waals surface area contributed by atoms with Crippen molar-refractivity contribution in [1.82, 2.24) is 0 Å². The lowest BCUT2D eigenvalue weighted by Crippen LogP contribution is -2.75. The summed E-state index contributed by atoms with van der Waals surface area (Å²) in [6.45, 7) is 0.116. The maximum Gasteiger partial charge on any atom is 0.460 e. The zero-order valence-corrected chi connectivity index (χ0v) is 16.1. The van der Waals surface area contributed by atoms with Gasteiger partial charge in [0.25, 0.3) is 0 Å². The highest BCUT2D eigenvalue weighted by atomic mass is 19.4. The van der Waals surface area contributed by atoms with Crippen LogP contribution in [0.5, 0.6) is 0 Å². The van der Waals surface area contributed by atoms with Crippen molar-refractivity contribution in [3.8, 4) is 0 Å². The molecular formula is C15H13F17O2. The Labute approximate surface area is 178 Å². The second-order valence-electron chi connectivity index (χ2n) is 6.55. The lowest BCUT2D eigenvalue weighted by Gasteiger charge is -2.43. The Balaban J connectivity index is 6.79. The van der Waals surface area contributed by atoms with Gasteiger partial charge in [-0.05, 0) is 12.5 Å². The van der Waals surface area contributed by atoms with E-state index in [2.05, 4.69) is 4.74 Å². The van der Waals surface area contributed by atoms with E-state index in [9.17, 15) is 74.6 Å². The number of hydrogen-bond acceptors (Lipinski definition) is 2. The summed E-state index contributed by atoms with van der Waals surface area (Å²) in [7, 11) is 0. The summed E-state index contributed by atoms with van der Waals surface area (Å²) in [5, 5.41) is 8.35. The zero-order valence-electron chi connectivity index (χ0n) is 16.1. The molecule has 0 spiro atoms. The summed E-state index contributed by atoms with van der Waals surface area (Å²) in [5.74, 6) is -56.9. The quantitative estimate of drug-likeness (QED) is 0.206. The third kappa shape index (κ3) is 4.59. The SMILES string of the molecule is CCCOC(CC=CO)C(F)(F)C(F)(F)C(F)(F)C(F)(F)C(F)(F)C(F)(F)C(F)(F)C(F)(F)F. The predicted molar refractivity (Wildman–Crippen MR) is 77.1 cm³/mol. The molecule has 1 N–H and O–H groups in total. The van der Waals surface area contributed by atoms with Crippen LogP contribution in [0.25, 0.3) is 0 Å². The number of hydrogen-bond donors (Lipinski definition) is 1. The Bertz CT molecular complexity index is 710. The molecule has 1 unspecified atom stereocenters. The van der Waals surface area contributed by atoms with Crippen LogP contribution in [0, 0.1) is 0 Å². The molecule has 0 aliphatic heterocycles. The Morgan fingerprint density at radius 2 is 0.971 bits per heavy atom. The van der Waals surface area contributed by atoms with E-state index >= 15 is 0 Å². The Morgan fingerprint density at radius 1 is 0.618 bits per heavy atom. The van der Waals surface area contributed by atoms with E-state index in [-0.39, 0.29) is 18.8 Å². The Kier molecular flexibility index (Phi) is 8.94. The molecule has 0 aliphatic carbocycles. The van der Waals surface area contributed by atoms with Gasteiger partial charge in [-0.2, -0.15) is 74.6 Å². The Hall–Kier alpha value is -1.69. The lowest BCUT2D eigenvalue weighted by atomic mass is 9.87. The van der Waals surface area contributed by atoms with Crippen LogP contribution in [0.4, 0.5) is 74.6 Å². The summed E-state index contributed by atoms with van der Waals surface area (Å²) < 4.78 is 229. The molecule has 0 fully saturated rings. The highest BCUT2D eigenvalue weighted by Gasteiger charge is 2.95. The van der Waals surface area contributed by atoms with Crippen LogP contribution in [0.3, 0.4) is 0 Å². The fourth-order valence-electron chi connectivity index (χ4n) is 2.14. The van der Waals surface area contributed by atoms with Gasteiger partial charge in [0.1, 0.15) is 6.10 Å². The number of ether oxygens (including phenoxy) is 1. The van der Waals surface area contributed by atoms with Crippen molar-refractivity contribution in [3.63, 3.8) is 0 Å². The molecule has 0 saturated heterocycles. The van der Waals surface area contributed by atoms with Crippen LogP contribution >= 0.6 is 0 Å². The first-order valence-electron chi connectivity index (χ1n) is 8.39. The molecule has 0 bridgehead atoms. The molecule has 0 aromatic heterocycles. The van der Waals surface area contributed by atoms with Gasteiger partial charge >= 0.3 is 47.6 Å². The van der Waals surface area contributed by atoms with Crippen LogP contribution < -0.4 is 0 Å². The van der Waals surface area contributed by atoms with Gasteiger partial charge in [0.15, 0.2) is 0 Å². The lowest BCUT2D eigenvalue weighted by molar-refractivity contribution is -0.464. The largest absolute Gasteiger partial charge is 0.516 e. The number of alkyl halides is 17. The summed E-state index contributed by atoms with van der Waals surface area (Å²) in [6, 6.07) is 0. The first-order valence-corrected chi connectivity index (χ1v) is 8.39. The standard InChI is InChI=1S/C15H13F17O2/c1-2-6-34-7(4-3-5-33)8(16,17)9(18,19)10(20,21)11(22,23)12(24,25)13(26,27)14(28,29)15(30,31)32/h3,5,7,33H,2,4,6H2,1H3. The van der Waals surface area contributed by atoms with Gasteiger partial charge in [0.05, 0.1) is 6.26 Å². The van der Waals surface area contributed by atoms with Crippen LogP contribution in [0.2, 0.25) is 0 Å². The molecule has 0 amide bonds. The molecule has 0 radical (unpaired) electrons. The third-order valence-corrected chi connectivity index (χ3v) is 4.13. The monoisotopic (exact) mass is 548 g/mol.